The van der Waals surface area contributed by atoms with Crippen molar-refractivity contribution in [2.75, 3.05) is 0 Å². The van der Waals surface area contributed by atoms with Crippen LogP contribution in [0.15, 0.2) is 0 Å². The monoisotopic (exact) mass is 323 g/mol. The van der Waals surface area contributed by atoms with Crippen LogP contribution in [-0.4, -0.2) is 24.1 Å². The molecule has 0 unspecified atom stereocenters. The molecule has 0 atom stereocenters. The third-order valence-corrected chi connectivity index (χ3v) is 5.11. The van der Waals surface area contributed by atoms with Crippen molar-refractivity contribution in [1.82, 2.24) is 16.0 Å². The minimum Gasteiger partial charge on any atom is -0.335 e. The number of urea groups is 2. The van der Waals surface area contributed by atoms with Crippen LogP contribution in [0, 0.1) is 0 Å². The van der Waals surface area contributed by atoms with E-state index in [1.165, 1.54) is 64.2 Å². The molecule has 0 saturated heterocycles. The predicted octanol–water partition coefficient (Wildman–Crippen LogP) is 4.22. The highest BCUT2D eigenvalue weighted by molar-refractivity contribution is 5.93. The molecule has 23 heavy (non-hydrogen) atoms. The number of hydrogen-bond donors (Lipinski definition) is 3. The lowest BCUT2D eigenvalue weighted by atomic mass is 9.97. The number of carbonyl (C=O) groups excluding carboxylic acids is 2. The maximum atomic E-state index is 12.0. The Morgan fingerprint density at radius 3 is 1.17 bits per heavy atom. The zero-order chi connectivity index (χ0) is 16.3. The van der Waals surface area contributed by atoms with Crippen LogP contribution >= 0.6 is 0 Å². The van der Waals surface area contributed by atoms with Gasteiger partial charge in [-0.1, -0.05) is 64.2 Å². The maximum Gasteiger partial charge on any atom is 0.323 e. The minimum atomic E-state index is -0.348. The van der Waals surface area contributed by atoms with Crippen molar-refractivity contribution in [3.8, 4) is 0 Å². The highest BCUT2D eigenvalue weighted by Gasteiger charge is 2.18. The highest BCUT2D eigenvalue weighted by Crippen LogP contribution is 2.18. The van der Waals surface area contributed by atoms with Crippen LogP contribution in [0.3, 0.4) is 0 Å². The fourth-order valence-electron chi connectivity index (χ4n) is 3.75. The molecule has 5 heteroatoms. The molecule has 0 radical (unpaired) electrons. The summed E-state index contributed by atoms with van der Waals surface area (Å²) >= 11 is 0. The molecular formula is C18H33N3O2. The molecule has 5 nitrogen and oxygen atoms in total. The van der Waals surface area contributed by atoms with E-state index in [-0.39, 0.29) is 24.1 Å². The van der Waals surface area contributed by atoms with Gasteiger partial charge in [0.25, 0.3) is 0 Å². The van der Waals surface area contributed by atoms with Gasteiger partial charge in [0.15, 0.2) is 0 Å². The van der Waals surface area contributed by atoms with Gasteiger partial charge < -0.3 is 10.6 Å². The van der Waals surface area contributed by atoms with Crippen molar-refractivity contribution in [3.63, 3.8) is 0 Å². The third-order valence-electron chi connectivity index (χ3n) is 5.11. The molecule has 2 aliphatic carbocycles. The summed E-state index contributed by atoms with van der Waals surface area (Å²) in [6, 6.07) is -0.271. The third kappa shape index (κ3) is 7.71. The average Bonchev–Trinajstić information content (AvgIpc) is 2.44. The number of amides is 4. The van der Waals surface area contributed by atoms with Crippen molar-refractivity contribution in [3.05, 3.63) is 0 Å². The van der Waals surface area contributed by atoms with Crippen molar-refractivity contribution in [1.29, 1.82) is 0 Å². The van der Waals surface area contributed by atoms with E-state index in [1.54, 1.807) is 0 Å². The van der Waals surface area contributed by atoms with Crippen LogP contribution in [0.1, 0.15) is 89.9 Å². The number of carbonyl (C=O) groups is 2. The van der Waals surface area contributed by atoms with Gasteiger partial charge in [-0.3, -0.25) is 5.32 Å². The first-order valence-corrected chi connectivity index (χ1v) is 9.62. The zero-order valence-corrected chi connectivity index (χ0v) is 14.4. The van der Waals surface area contributed by atoms with E-state index in [1.807, 2.05) is 0 Å². The first-order valence-electron chi connectivity index (χ1n) is 9.62. The van der Waals surface area contributed by atoms with Crippen LogP contribution in [0.25, 0.3) is 0 Å². The van der Waals surface area contributed by atoms with Gasteiger partial charge in [-0.15, -0.1) is 0 Å². The standard InChI is InChI=1S/C18H33N3O2/c22-17(19-15-11-7-3-1-4-8-12-15)21-18(23)20-16-13-9-5-2-6-10-14-16/h15-16H,1-14H2,(H3,19,20,21,22,23). The van der Waals surface area contributed by atoms with Crippen LogP contribution in [0.5, 0.6) is 0 Å². The molecule has 2 fully saturated rings. The van der Waals surface area contributed by atoms with Crippen molar-refractivity contribution in [2.24, 2.45) is 0 Å². The Bertz CT molecular complexity index is 323. The summed E-state index contributed by atoms with van der Waals surface area (Å²) in [7, 11) is 0. The van der Waals surface area contributed by atoms with Crippen LogP contribution in [0.4, 0.5) is 9.59 Å². The summed E-state index contributed by atoms with van der Waals surface area (Å²) in [5, 5.41) is 8.38. The molecule has 2 aliphatic rings. The van der Waals surface area contributed by atoms with Gasteiger partial charge in [-0.2, -0.15) is 0 Å². The van der Waals surface area contributed by atoms with E-state index in [0.29, 0.717) is 0 Å². The van der Waals surface area contributed by atoms with Crippen LogP contribution in [0.2, 0.25) is 0 Å². The molecule has 0 spiro atoms. The lowest BCUT2D eigenvalue weighted by Crippen LogP contribution is -2.50. The first kappa shape index (κ1) is 18.1. The summed E-state index contributed by atoms with van der Waals surface area (Å²) in [5.41, 5.74) is 0. The smallest absolute Gasteiger partial charge is 0.323 e. The topological polar surface area (TPSA) is 70.2 Å². The summed E-state index contributed by atoms with van der Waals surface area (Å²) in [4.78, 5) is 24.0. The van der Waals surface area contributed by atoms with Crippen molar-refractivity contribution < 1.29 is 9.59 Å². The van der Waals surface area contributed by atoms with E-state index in [2.05, 4.69) is 16.0 Å². The molecule has 0 aliphatic heterocycles. The average molecular weight is 323 g/mol. The van der Waals surface area contributed by atoms with Crippen molar-refractivity contribution >= 4 is 12.1 Å². The molecule has 2 rings (SSSR count). The summed E-state index contributed by atoms with van der Waals surface area (Å²) in [6.07, 6.45) is 16.4. The number of nitrogens with one attached hydrogen (secondary N) is 3. The number of hydrogen-bond acceptors (Lipinski definition) is 2. The quantitative estimate of drug-likeness (QED) is 0.712. The summed E-state index contributed by atoms with van der Waals surface area (Å²) < 4.78 is 0. The Labute approximate surface area is 140 Å². The number of rotatable bonds is 2. The molecule has 0 heterocycles. The number of imide groups is 1. The van der Waals surface area contributed by atoms with Gasteiger partial charge in [0.2, 0.25) is 0 Å². The maximum absolute atomic E-state index is 12.0. The van der Waals surface area contributed by atoms with E-state index in [4.69, 9.17) is 0 Å². The van der Waals surface area contributed by atoms with Gasteiger partial charge in [-0.25, -0.2) is 9.59 Å². The predicted molar refractivity (Wildman–Crippen MR) is 92.4 cm³/mol. The first-order chi connectivity index (χ1) is 11.2. The molecule has 2 saturated carbocycles. The fourth-order valence-corrected chi connectivity index (χ4v) is 3.75. The van der Waals surface area contributed by atoms with Gasteiger partial charge in [0, 0.05) is 12.1 Å². The zero-order valence-electron chi connectivity index (χ0n) is 14.4. The summed E-state index contributed by atoms with van der Waals surface area (Å²) in [6.45, 7) is 0. The Balaban J connectivity index is 1.67. The summed E-state index contributed by atoms with van der Waals surface area (Å²) in [5.74, 6) is 0. The van der Waals surface area contributed by atoms with Gasteiger partial charge in [0.1, 0.15) is 0 Å². The molecule has 4 amide bonds. The van der Waals surface area contributed by atoms with E-state index >= 15 is 0 Å². The van der Waals surface area contributed by atoms with Gasteiger partial charge in [0.05, 0.1) is 0 Å². The van der Waals surface area contributed by atoms with Crippen molar-refractivity contribution in [2.45, 2.75) is 102 Å². The SMILES string of the molecule is O=C(NC(=O)NC1CCCCCCC1)NC1CCCCCCC1. The second kappa shape index (κ2) is 10.5. The molecule has 0 aromatic carbocycles. The second-order valence-corrected chi connectivity index (χ2v) is 7.16. The highest BCUT2D eigenvalue weighted by atomic mass is 16.2. The second-order valence-electron chi connectivity index (χ2n) is 7.16. The molecule has 0 aromatic heterocycles. The molecular weight excluding hydrogens is 290 g/mol. The lowest BCUT2D eigenvalue weighted by Gasteiger charge is -2.23. The molecule has 3 N–H and O–H groups in total. The molecule has 132 valence electrons. The van der Waals surface area contributed by atoms with E-state index < -0.39 is 0 Å². The Hall–Kier alpha value is -1.26. The molecule has 0 aromatic rings. The normalized spacial score (nSPS) is 22.1. The Morgan fingerprint density at radius 1 is 0.522 bits per heavy atom. The minimum absolute atomic E-state index is 0.212. The van der Waals surface area contributed by atoms with Gasteiger partial charge in [-0.05, 0) is 25.7 Å². The lowest BCUT2D eigenvalue weighted by molar-refractivity contribution is 0.220. The Kier molecular flexibility index (Phi) is 8.26. The van der Waals surface area contributed by atoms with Gasteiger partial charge >= 0.3 is 12.1 Å². The fraction of sp³-hybridized carbons (Fsp3) is 0.889. The largest absolute Gasteiger partial charge is 0.335 e. The molecule has 0 bridgehead atoms. The van der Waals surface area contributed by atoms with Crippen LogP contribution < -0.4 is 16.0 Å². The van der Waals surface area contributed by atoms with E-state index in [9.17, 15) is 9.59 Å². The van der Waals surface area contributed by atoms with Crippen LogP contribution in [-0.2, 0) is 0 Å². The van der Waals surface area contributed by atoms with E-state index in [0.717, 1.165) is 25.7 Å². The Morgan fingerprint density at radius 2 is 0.826 bits per heavy atom.